The van der Waals surface area contributed by atoms with Gasteiger partial charge in [0.2, 0.25) is 15.9 Å². The number of likely N-dealkylation sites (tertiary alicyclic amines) is 1. The fourth-order valence-corrected chi connectivity index (χ4v) is 3.62. The Morgan fingerprint density at radius 3 is 2.54 bits per heavy atom. The first-order valence-electron chi connectivity index (χ1n) is 7.49. The van der Waals surface area contributed by atoms with Crippen LogP contribution in [0.5, 0.6) is 0 Å². The second kappa shape index (κ2) is 7.58. The van der Waals surface area contributed by atoms with Gasteiger partial charge >= 0.3 is 12.1 Å². The molecule has 0 aromatic carbocycles. The molecule has 0 unspecified atom stereocenters. The Labute approximate surface area is 147 Å². The van der Waals surface area contributed by atoms with Crippen LogP contribution in [0.15, 0.2) is 29.4 Å². The van der Waals surface area contributed by atoms with E-state index in [1.165, 1.54) is 18.3 Å². The van der Waals surface area contributed by atoms with Crippen LogP contribution in [-0.4, -0.2) is 61.1 Å². The summed E-state index contributed by atoms with van der Waals surface area (Å²) in [7, 11) is -3.90. The molecule has 0 bridgehead atoms. The van der Waals surface area contributed by atoms with Crippen molar-refractivity contribution in [2.45, 2.75) is 17.5 Å². The summed E-state index contributed by atoms with van der Waals surface area (Å²) in [5.74, 6) is -6.25. The molecule has 1 aromatic heterocycles. The zero-order valence-electron chi connectivity index (χ0n) is 13.3. The highest BCUT2D eigenvalue weighted by Gasteiger charge is 2.53. The minimum absolute atomic E-state index is 0.114. The van der Waals surface area contributed by atoms with Crippen LogP contribution in [0.3, 0.4) is 0 Å². The van der Waals surface area contributed by atoms with E-state index in [1.807, 2.05) is 0 Å². The molecule has 2 atom stereocenters. The van der Waals surface area contributed by atoms with E-state index in [9.17, 15) is 31.2 Å². The van der Waals surface area contributed by atoms with Crippen LogP contribution in [0, 0.1) is 11.8 Å². The van der Waals surface area contributed by atoms with Crippen molar-refractivity contribution in [1.29, 1.82) is 0 Å². The number of nitrogens with one attached hydrogen (secondary N) is 1. The molecule has 0 saturated carbocycles. The molecule has 0 radical (unpaired) electrons. The summed E-state index contributed by atoms with van der Waals surface area (Å²) in [5, 5.41) is 8.92. The molecule has 2 rings (SSSR count). The number of carboxylic acid groups (broad SMARTS) is 1. The summed E-state index contributed by atoms with van der Waals surface area (Å²) < 4.78 is 64.8. The normalized spacial score (nSPS) is 21.0. The molecular formula is C14H16F3N3O5S. The Hall–Kier alpha value is -2.21. The second-order valence-corrected chi connectivity index (χ2v) is 7.50. The highest BCUT2D eigenvalue weighted by molar-refractivity contribution is 7.89. The number of carbonyl (C=O) groups is 2. The third kappa shape index (κ3) is 4.69. The van der Waals surface area contributed by atoms with Crippen molar-refractivity contribution in [2.75, 3.05) is 19.6 Å². The van der Waals surface area contributed by atoms with Crippen LogP contribution in [0.25, 0.3) is 0 Å². The summed E-state index contributed by atoms with van der Waals surface area (Å²) in [4.78, 5) is 27.4. The average Bonchev–Trinajstić information content (AvgIpc) is 3.01. The summed E-state index contributed by atoms with van der Waals surface area (Å²) in [6.07, 6.45) is -2.64. The zero-order valence-corrected chi connectivity index (χ0v) is 14.1. The maximum Gasteiger partial charge on any atom is 0.394 e. The molecule has 144 valence electrons. The van der Waals surface area contributed by atoms with Crippen molar-refractivity contribution in [2.24, 2.45) is 11.8 Å². The predicted octanol–water partition coefficient (Wildman–Crippen LogP) is 0.472. The maximum atomic E-state index is 12.9. The Bertz CT molecular complexity index is 770. The highest BCUT2D eigenvalue weighted by Crippen LogP contribution is 2.37. The predicted molar refractivity (Wildman–Crippen MR) is 81.3 cm³/mol. The molecule has 0 aliphatic carbocycles. The van der Waals surface area contributed by atoms with E-state index < -0.39 is 59.4 Å². The third-order valence-electron chi connectivity index (χ3n) is 3.99. The van der Waals surface area contributed by atoms with Gasteiger partial charge in [0, 0.05) is 38.4 Å². The summed E-state index contributed by atoms with van der Waals surface area (Å²) in [6.45, 7) is -1.65. The van der Waals surface area contributed by atoms with Gasteiger partial charge in [-0.25, -0.2) is 13.1 Å². The number of sulfonamides is 1. The molecule has 1 fully saturated rings. The SMILES string of the molecule is O=C(O)[C@@H]1CN(C(=O)CCNS(=O)(=O)c2cccnc2)C[C@H]1C(F)(F)F. The molecule has 8 nitrogen and oxygen atoms in total. The van der Waals surface area contributed by atoms with Crippen molar-refractivity contribution in [3.63, 3.8) is 0 Å². The van der Waals surface area contributed by atoms with Crippen LogP contribution in [0.1, 0.15) is 6.42 Å². The van der Waals surface area contributed by atoms with E-state index in [0.717, 1.165) is 11.1 Å². The molecule has 2 N–H and O–H groups in total. The molecule has 1 saturated heterocycles. The van der Waals surface area contributed by atoms with Gasteiger partial charge in [-0.3, -0.25) is 14.6 Å². The Morgan fingerprint density at radius 1 is 1.35 bits per heavy atom. The first-order valence-corrected chi connectivity index (χ1v) is 8.97. The zero-order chi connectivity index (χ0) is 19.5. The largest absolute Gasteiger partial charge is 0.481 e. The van der Waals surface area contributed by atoms with Gasteiger partial charge in [0.25, 0.3) is 0 Å². The van der Waals surface area contributed by atoms with Gasteiger partial charge in [0.15, 0.2) is 0 Å². The van der Waals surface area contributed by atoms with Crippen LogP contribution in [-0.2, 0) is 19.6 Å². The molecular weight excluding hydrogens is 379 g/mol. The number of nitrogens with zero attached hydrogens (tertiary/aromatic N) is 2. The minimum Gasteiger partial charge on any atom is -0.481 e. The smallest absolute Gasteiger partial charge is 0.394 e. The van der Waals surface area contributed by atoms with Crippen LogP contribution in [0.4, 0.5) is 13.2 Å². The third-order valence-corrected chi connectivity index (χ3v) is 5.43. The molecule has 26 heavy (non-hydrogen) atoms. The molecule has 2 heterocycles. The Kier molecular flexibility index (Phi) is 5.86. The van der Waals surface area contributed by atoms with Gasteiger partial charge < -0.3 is 10.0 Å². The van der Waals surface area contributed by atoms with Crippen molar-refractivity contribution < 1.29 is 36.3 Å². The molecule has 1 aromatic rings. The molecule has 12 heteroatoms. The van der Waals surface area contributed by atoms with Gasteiger partial charge in [-0.2, -0.15) is 13.2 Å². The van der Waals surface area contributed by atoms with E-state index in [4.69, 9.17) is 5.11 Å². The number of rotatable bonds is 6. The van der Waals surface area contributed by atoms with E-state index in [-0.39, 0.29) is 11.4 Å². The minimum atomic E-state index is -4.74. The molecule has 1 amide bonds. The number of aromatic nitrogens is 1. The van der Waals surface area contributed by atoms with E-state index in [2.05, 4.69) is 9.71 Å². The highest BCUT2D eigenvalue weighted by atomic mass is 32.2. The summed E-state index contributed by atoms with van der Waals surface area (Å²) in [5.41, 5.74) is 0. The van der Waals surface area contributed by atoms with Crippen LogP contribution in [0.2, 0.25) is 0 Å². The molecule has 0 spiro atoms. The van der Waals surface area contributed by atoms with Crippen molar-refractivity contribution in [3.05, 3.63) is 24.5 Å². The lowest BCUT2D eigenvalue weighted by molar-refractivity contribution is -0.188. The maximum absolute atomic E-state index is 12.9. The number of carbonyl (C=O) groups excluding carboxylic acids is 1. The quantitative estimate of drug-likeness (QED) is 0.723. The number of carboxylic acids is 1. The monoisotopic (exact) mass is 395 g/mol. The van der Waals surface area contributed by atoms with Crippen molar-refractivity contribution >= 4 is 21.9 Å². The Morgan fingerprint density at radius 2 is 2.04 bits per heavy atom. The molecule has 1 aliphatic heterocycles. The van der Waals surface area contributed by atoms with Crippen LogP contribution < -0.4 is 4.72 Å². The lowest BCUT2D eigenvalue weighted by atomic mass is 9.96. The topological polar surface area (TPSA) is 117 Å². The summed E-state index contributed by atoms with van der Waals surface area (Å²) >= 11 is 0. The summed E-state index contributed by atoms with van der Waals surface area (Å²) in [6, 6.07) is 2.70. The van der Waals surface area contributed by atoms with Crippen LogP contribution >= 0.6 is 0 Å². The fraction of sp³-hybridized carbons (Fsp3) is 0.500. The van der Waals surface area contributed by atoms with Gasteiger partial charge in [-0.15, -0.1) is 0 Å². The number of pyridine rings is 1. The second-order valence-electron chi connectivity index (χ2n) is 5.73. The van der Waals surface area contributed by atoms with E-state index in [0.29, 0.717) is 0 Å². The standard InChI is InChI=1S/C14H16F3N3O5S/c15-14(16,17)11-8-20(7-10(11)13(22)23)12(21)3-5-19-26(24,25)9-2-1-4-18-6-9/h1-2,4,6,10-11,19H,3,5,7-8H2,(H,22,23)/t10-,11-/m1/s1. The number of hydrogen-bond acceptors (Lipinski definition) is 5. The number of aliphatic carboxylic acids is 1. The lowest BCUT2D eigenvalue weighted by Gasteiger charge is -2.18. The van der Waals surface area contributed by atoms with Crippen molar-refractivity contribution in [1.82, 2.24) is 14.6 Å². The number of halogens is 3. The van der Waals surface area contributed by atoms with Gasteiger partial charge in [-0.05, 0) is 12.1 Å². The van der Waals surface area contributed by atoms with E-state index >= 15 is 0 Å². The first kappa shape index (κ1) is 20.1. The first-order chi connectivity index (χ1) is 12.0. The average molecular weight is 395 g/mol. The Balaban J connectivity index is 1.93. The van der Waals surface area contributed by atoms with Gasteiger partial charge in [0.05, 0.1) is 11.8 Å². The fourth-order valence-electron chi connectivity index (χ4n) is 2.63. The number of hydrogen-bond donors (Lipinski definition) is 2. The van der Waals surface area contributed by atoms with Gasteiger partial charge in [0.1, 0.15) is 4.90 Å². The van der Waals surface area contributed by atoms with E-state index in [1.54, 1.807) is 0 Å². The van der Waals surface area contributed by atoms with Gasteiger partial charge in [-0.1, -0.05) is 0 Å². The number of alkyl halides is 3. The molecule has 1 aliphatic rings. The lowest BCUT2D eigenvalue weighted by Crippen LogP contribution is -2.35. The van der Waals surface area contributed by atoms with Crippen molar-refractivity contribution in [3.8, 4) is 0 Å². The number of amides is 1.